The van der Waals surface area contributed by atoms with E-state index < -0.39 is 11.6 Å². The molecule has 20 heavy (non-hydrogen) atoms. The molecule has 1 aliphatic heterocycles. The van der Waals surface area contributed by atoms with Crippen molar-refractivity contribution in [3.8, 4) is 0 Å². The van der Waals surface area contributed by atoms with Crippen molar-refractivity contribution in [2.45, 2.75) is 52.6 Å². The average Bonchev–Trinajstić information content (AvgIpc) is 3.02. The lowest BCUT2D eigenvalue weighted by Gasteiger charge is -2.37. The molecule has 1 heterocycles. The van der Waals surface area contributed by atoms with E-state index in [2.05, 4.69) is 0 Å². The Morgan fingerprint density at radius 2 is 2.00 bits per heavy atom. The second-order valence-corrected chi connectivity index (χ2v) is 7.37. The summed E-state index contributed by atoms with van der Waals surface area (Å²) in [4.78, 5) is 25.0. The molecule has 0 spiro atoms. The van der Waals surface area contributed by atoms with Gasteiger partial charge in [-0.25, -0.2) is 4.79 Å². The van der Waals surface area contributed by atoms with Crippen molar-refractivity contribution in [3.05, 3.63) is 0 Å². The zero-order valence-electron chi connectivity index (χ0n) is 12.8. The van der Waals surface area contributed by atoms with Crippen LogP contribution in [0.5, 0.6) is 0 Å². The molecular formula is C15H25NO4. The van der Waals surface area contributed by atoms with Crippen LogP contribution in [0, 0.1) is 17.3 Å². The lowest BCUT2D eigenvalue weighted by molar-refractivity contribution is -0.139. The molecule has 114 valence electrons. The van der Waals surface area contributed by atoms with E-state index >= 15 is 0 Å². The van der Waals surface area contributed by atoms with Crippen LogP contribution in [-0.4, -0.2) is 40.8 Å². The van der Waals surface area contributed by atoms with Gasteiger partial charge in [0.2, 0.25) is 0 Å². The van der Waals surface area contributed by atoms with E-state index in [1.165, 1.54) is 0 Å². The molecule has 2 aliphatic rings. The molecule has 3 atom stereocenters. The number of ether oxygens (including phenoxy) is 1. The number of amides is 1. The van der Waals surface area contributed by atoms with Gasteiger partial charge in [-0.3, -0.25) is 4.79 Å². The van der Waals surface area contributed by atoms with E-state index in [1.54, 1.807) is 4.90 Å². The predicted octanol–water partition coefficient (Wildman–Crippen LogP) is 2.74. The Morgan fingerprint density at radius 3 is 2.50 bits per heavy atom. The highest BCUT2D eigenvalue weighted by molar-refractivity contribution is 5.75. The molecule has 0 radical (unpaired) electrons. The van der Waals surface area contributed by atoms with Gasteiger partial charge in [-0.15, -0.1) is 0 Å². The highest BCUT2D eigenvalue weighted by Gasteiger charge is 2.59. The van der Waals surface area contributed by atoms with E-state index in [0.717, 1.165) is 19.3 Å². The van der Waals surface area contributed by atoms with E-state index in [1.807, 2.05) is 27.7 Å². The van der Waals surface area contributed by atoms with Crippen LogP contribution in [0.25, 0.3) is 0 Å². The monoisotopic (exact) mass is 283 g/mol. The van der Waals surface area contributed by atoms with Crippen molar-refractivity contribution in [3.63, 3.8) is 0 Å². The second-order valence-electron chi connectivity index (χ2n) is 7.37. The molecule has 0 aromatic heterocycles. The summed E-state index contributed by atoms with van der Waals surface area (Å²) in [7, 11) is 0. The molecule has 0 aromatic rings. The summed E-state index contributed by atoms with van der Waals surface area (Å²) in [5, 5.41) is 9.14. The minimum absolute atomic E-state index is 0.146. The molecular weight excluding hydrogens is 258 g/mol. The van der Waals surface area contributed by atoms with Crippen LogP contribution in [0.4, 0.5) is 4.79 Å². The number of piperidine rings is 1. The van der Waals surface area contributed by atoms with Crippen LogP contribution in [0.1, 0.15) is 47.0 Å². The number of carboxylic acid groups (broad SMARTS) is 1. The maximum atomic E-state index is 12.1. The number of carboxylic acids is 1. The molecule has 5 nitrogen and oxygen atoms in total. The van der Waals surface area contributed by atoms with Crippen molar-refractivity contribution < 1.29 is 19.4 Å². The van der Waals surface area contributed by atoms with Crippen molar-refractivity contribution in [1.82, 2.24) is 4.90 Å². The first-order valence-electron chi connectivity index (χ1n) is 7.34. The number of aliphatic carboxylic acids is 1. The van der Waals surface area contributed by atoms with Gasteiger partial charge in [-0.1, -0.05) is 6.92 Å². The topological polar surface area (TPSA) is 66.8 Å². The van der Waals surface area contributed by atoms with Gasteiger partial charge in [-0.2, -0.15) is 0 Å². The molecule has 0 bridgehead atoms. The molecule has 1 amide bonds. The molecule has 5 heteroatoms. The second kappa shape index (κ2) is 4.93. The zero-order chi connectivity index (χ0) is 15.1. The minimum Gasteiger partial charge on any atom is -0.481 e. The smallest absolute Gasteiger partial charge is 0.410 e. The Kier molecular flexibility index (Phi) is 3.73. The summed E-state index contributed by atoms with van der Waals surface area (Å²) in [6, 6.07) is 0. The molecule has 1 N–H and O–H groups in total. The first-order valence-corrected chi connectivity index (χ1v) is 7.34. The molecule has 2 fully saturated rings. The first-order chi connectivity index (χ1) is 9.13. The number of rotatable bonds is 2. The third-order valence-corrected chi connectivity index (χ3v) is 4.58. The predicted molar refractivity (Wildman–Crippen MR) is 74.4 cm³/mol. The van der Waals surface area contributed by atoms with E-state index in [9.17, 15) is 9.59 Å². The Morgan fingerprint density at radius 1 is 1.35 bits per heavy atom. The number of hydrogen-bond acceptors (Lipinski definition) is 3. The van der Waals surface area contributed by atoms with Crippen LogP contribution >= 0.6 is 0 Å². The van der Waals surface area contributed by atoms with Gasteiger partial charge in [0.25, 0.3) is 0 Å². The van der Waals surface area contributed by atoms with Gasteiger partial charge in [0, 0.05) is 13.1 Å². The Hall–Kier alpha value is -1.26. The van der Waals surface area contributed by atoms with Gasteiger partial charge in [-0.05, 0) is 51.4 Å². The molecule has 3 unspecified atom stereocenters. The minimum atomic E-state index is -0.707. The highest BCUT2D eigenvalue weighted by atomic mass is 16.6. The third kappa shape index (κ3) is 3.07. The number of likely N-dealkylation sites (tertiary alicyclic amines) is 1. The quantitative estimate of drug-likeness (QED) is 0.846. The molecule has 1 aliphatic carbocycles. The van der Waals surface area contributed by atoms with Gasteiger partial charge in [0.05, 0.1) is 5.92 Å². The average molecular weight is 283 g/mol. The fourth-order valence-electron chi connectivity index (χ4n) is 3.21. The van der Waals surface area contributed by atoms with Crippen LogP contribution in [-0.2, 0) is 9.53 Å². The lowest BCUT2D eigenvalue weighted by atomic mass is 9.82. The van der Waals surface area contributed by atoms with Crippen molar-refractivity contribution in [2.24, 2.45) is 17.3 Å². The largest absolute Gasteiger partial charge is 0.481 e. The summed E-state index contributed by atoms with van der Waals surface area (Å²) in [6.07, 6.45) is 2.37. The molecule has 0 aromatic carbocycles. The summed E-state index contributed by atoms with van der Waals surface area (Å²) in [5.74, 6) is -0.683. The first kappa shape index (κ1) is 15.1. The zero-order valence-corrected chi connectivity index (χ0v) is 12.8. The third-order valence-electron chi connectivity index (χ3n) is 4.58. The molecule has 2 rings (SSSR count). The number of nitrogens with zero attached hydrogens (tertiary/aromatic N) is 1. The van der Waals surface area contributed by atoms with E-state index in [4.69, 9.17) is 9.84 Å². The SMILES string of the molecule is CC(C)(C)OC(=O)N1CCCC(C2(C)CC2C(=O)O)C1. The van der Waals surface area contributed by atoms with Crippen molar-refractivity contribution in [2.75, 3.05) is 13.1 Å². The number of carbonyl (C=O) groups excluding carboxylic acids is 1. The van der Waals surface area contributed by atoms with E-state index in [0.29, 0.717) is 13.1 Å². The van der Waals surface area contributed by atoms with Crippen LogP contribution in [0.15, 0.2) is 0 Å². The van der Waals surface area contributed by atoms with Crippen LogP contribution in [0.2, 0.25) is 0 Å². The normalized spacial score (nSPS) is 33.7. The van der Waals surface area contributed by atoms with Gasteiger partial charge < -0.3 is 14.7 Å². The Labute approximate surface area is 120 Å². The van der Waals surface area contributed by atoms with E-state index in [-0.39, 0.29) is 23.3 Å². The molecule has 1 saturated heterocycles. The van der Waals surface area contributed by atoms with Gasteiger partial charge in [0.15, 0.2) is 0 Å². The standard InChI is InChI=1S/C15H25NO4/c1-14(2,3)20-13(19)16-7-5-6-10(9-16)15(4)8-11(15)12(17)18/h10-11H,5-9H2,1-4H3,(H,17,18). The van der Waals surface area contributed by atoms with Gasteiger partial charge in [0.1, 0.15) is 5.60 Å². The summed E-state index contributed by atoms with van der Waals surface area (Å²) in [6.45, 7) is 8.93. The number of carbonyl (C=O) groups is 2. The summed E-state index contributed by atoms with van der Waals surface area (Å²) in [5.41, 5.74) is -0.635. The van der Waals surface area contributed by atoms with Crippen molar-refractivity contribution in [1.29, 1.82) is 0 Å². The lowest BCUT2D eigenvalue weighted by Crippen LogP contribution is -2.45. The Bertz CT molecular complexity index is 415. The van der Waals surface area contributed by atoms with Gasteiger partial charge >= 0.3 is 12.1 Å². The molecule has 1 saturated carbocycles. The fourth-order valence-corrected chi connectivity index (χ4v) is 3.21. The summed E-state index contributed by atoms with van der Waals surface area (Å²) < 4.78 is 5.40. The Balaban J connectivity index is 1.96. The fraction of sp³-hybridized carbons (Fsp3) is 0.867. The summed E-state index contributed by atoms with van der Waals surface area (Å²) >= 11 is 0. The highest BCUT2D eigenvalue weighted by Crippen LogP contribution is 2.59. The van der Waals surface area contributed by atoms with Crippen molar-refractivity contribution >= 4 is 12.1 Å². The maximum Gasteiger partial charge on any atom is 0.410 e. The van der Waals surface area contributed by atoms with Crippen LogP contribution < -0.4 is 0 Å². The maximum absolute atomic E-state index is 12.1. The van der Waals surface area contributed by atoms with Crippen LogP contribution in [0.3, 0.4) is 0 Å². The number of hydrogen-bond donors (Lipinski definition) is 1.